The van der Waals surface area contributed by atoms with E-state index < -0.39 is 0 Å². The fourth-order valence-corrected chi connectivity index (χ4v) is 0.112. The number of aliphatic hydroxyl groups is 1. The van der Waals surface area contributed by atoms with Crippen LogP contribution in [0.4, 0.5) is 0 Å². The van der Waals surface area contributed by atoms with Crippen molar-refractivity contribution in [2.75, 3.05) is 6.61 Å². The Balaban J connectivity index is 0. The van der Waals surface area contributed by atoms with E-state index in [2.05, 4.69) is 6.92 Å². The number of hydrogen-bond acceptors (Lipinski definition) is 1. The van der Waals surface area contributed by atoms with E-state index in [4.69, 9.17) is 5.11 Å². The van der Waals surface area contributed by atoms with Crippen molar-refractivity contribution >= 4 is 0 Å². The van der Waals surface area contributed by atoms with Crippen LogP contribution in [0, 0.1) is 6.92 Å². The summed E-state index contributed by atoms with van der Waals surface area (Å²) in [5.74, 6) is 0. The van der Waals surface area contributed by atoms with Crippen LogP contribution in [-0.2, 0) is 26.2 Å². The molecule has 0 radical (unpaired) electrons. The zero-order valence-electron chi connectivity index (χ0n) is 3.78. The molecular formula is C4H9OZr-. The maximum absolute atomic E-state index is 8.03. The number of rotatable bonds is 2. The largest absolute Gasteiger partial charge is 0.396 e. The van der Waals surface area contributed by atoms with Crippen molar-refractivity contribution in [2.45, 2.75) is 12.8 Å². The molecule has 6 heavy (non-hydrogen) atoms. The van der Waals surface area contributed by atoms with Gasteiger partial charge in [-0.2, -0.15) is 6.42 Å². The van der Waals surface area contributed by atoms with E-state index in [9.17, 15) is 0 Å². The van der Waals surface area contributed by atoms with E-state index in [1.54, 1.807) is 0 Å². The average molecular weight is 164 g/mol. The third-order valence-electron chi connectivity index (χ3n) is 0.408. The second-order valence-corrected chi connectivity index (χ2v) is 0.931. The van der Waals surface area contributed by atoms with Crippen LogP contribution < -0.4 is 0 Å². The van der Waals surface area contributed by atoms with Gasteiger partial charge in [0.15, 0.2) is 0 Å². The molecule has 36 valence electrons. The molecule has 0 aromatic heterocycles. The van der Waals surface area contributed by atoms with Crippen molar-refractivity contribution in [2.24, 2.45) is 0 Å². The van der Waals surface area contributed by atoms with E-state index >= 15 is 0 Å². The first-order valence-corrected chi connectivity index (χ1v) is 1.82. The van der Waals surface area contributed by atoms with Crippen LogP contribution in [0.25, 0.3) is 0 Å². The predicted octanol–water partition coefficient (Wildman–Crippen LogP) is 0.590. The van der Waals surface area contributed by atoms with Crippen LogP contribution >= 0.6 is 0 Å². The van der Waals surface area contributed by atoms with Crippen molar-refractivity contribution in [3.63, 3.8) is 0 Å². The molecule has 0 atom stereocenters. The van der Waals surface area contributed by atoms with Crippen LogP contribution in [-0.4, -0.2) is 11.7 Å². The summed E-state index contributed by atoms with van der Waals surface area (Å²) >= 11 is 0. The normalized spacial score (nSPS) is 7.00. The first kappa shape index (κ1) is 9.96. The molecule has 0 aromatic rings. The Morgan fingerprint density at radius 2 is 2.00 bits per heavy atom. The van der Waals surface area contributed by atoms with Crippen molar-refractivity contribution in [1.82, 2.24) is 0 Å². The van der Waals surface area contributed by atoms with Gasteiger partial charge in [-0.25, -0.2) is 0 Å². The van der Waals surface area contributed by atoms with Gasteiger partial charge in [-0.1, -0.05) is 6.42 Å². The minimum Gasteiger partial charge on any atom is -0.396 e. The maximum atomic E-state index is 8.03. The van der Waals surface area contributed by atoms with Gasteiger partial charge in [0.05, 0.1) is 0 Å². The van der Waals surface area contributed by atoms with Crippen LogP contribution in [0.2, 0.25) is 0 Å². The van der Waals surface area contributed by atoms with Gasteiger partial charge in [0, 0.05) is 32.8 Å². The molecular weight excluding hydrogens is 155 g/mol. The Morgan fingerprint density at radius 1 is 1.50 bits per heavy atom. The zero-order chi connectivity index (χ0) is 4.12. The summed E-state index contributed by atoms with van der Waals surface area (Å²) < 4.78 is 0. The van der Waals surface area contributed by atoms with Gasteiger partial charge < -0.3 is 12.0 Å². The quantitative estimate of drug-likeness (QED) is 0.592. The molecule has 1 nitrogen and oxygen atoms in total. The standard InChI is InChI=1S/C4H9O.Zr/c1-2-3-4-5;/h5H,1-4H2;/q-1;. The minimum atomic E-state index is 0. The van der Waals surface area contributed by atoms with Crippen LogP contribution in [0.1, 0.15) is 12.8 Å². The first-order chi connectivity index (χ1) is 2.41. The maximum Gasteiger partial charge on any atom is 0.0406 e. The molecule has 0 aliphatic carbocycles. The van der Waals surface area contributed by atoms with Crippen molar-refractivity contribution in [1.29, 1.82) is 0 Å². The Morgan fingerprint density at radius 3 is 2.00 bits per heavy atom. The Bertz CT molecular complexity index is 15.0. The number of hydrogen-bond donors (Lipinski definition) is 1. The summed E-state index contributed by atoms with van der Waals surface area (Å²) in [6, 6.07) is 0. The molecule has 0 amide bonds. The molecule has 0 saturated heterocycles. The third kappa shape index (κ3) is 8.85. The summed E-state index contributed by atoms with van der Waals surface area (Å²) in [7, 11) is 0. The van der Waals surface area contributed by atoms with E-state index in [1.807, 2.05) is 0 Å². The molecule has 2 heteroatoms. The zero-order valence-corrected chi connectivity index (χ0v) is 6.23. The summed E-state index contributed by atoms with van der Waals surface area (Å²) in [4.78, 5) is 0. The number of aliphatic hydroxyl groups excluding tert-OH is 1. The monoisotopic (exact) mass is 163 g/mol. The fourth-order valence-electron chi connectivity index (χ4n) is 0.112. The predicted molar refractivity (Wildman–Crippen MR) is 21.7 cm³/mol. The van der Waals surface area contributed by atoms with Crippen LogP contribution in [0.3, 0.4) is 0 Å². The molecule has 0 spiro atoms. The van der Waals surface area contributed by atoms with Gasteiger partial charge in [0.1, 0.15) is 0 Å². The van der Waals surface area contributed by atoms with Gasteiger partial charge in [-0.15, -0.1) is 0 Å². The Labute approximate surface area is 57.9 Å². The Kier molecular flexibility index (Phi) is 15.4. The van der Waals surface area contributed by atoms with E-state index in [1.165, 1.54) is 0 Å². The second kappa shape index (κ2) is 9.28. The van der Waals surface area contributed by atoms with Gasteiger partial charge in [-0.3, -0.25) is 0 Å². The molecule has 0 bridgehead atoms. The topological polar surface area (TPSA) is 20.2 Å². The SMILES string of the molecule is [CH2-]CCCO.[Zr]. The summed E-state index contributed by atoms with van der Waals surface area (Å²) in [5, 5.41) is 8.03. The molecule has 0 fully saturated rings. The van der Waals surface area contributed by atoms with Crippen LogP contribution in [0.15, 0.2) is 0 Å². The fraction of sp³-hybridized carbons (Fsp3) is 0.750. The summed E-state index contributed by atoms with van der Waals surface area (Å²) in [6.07, 6.45) is 1.68. The average Bonchev–Trinajstić information content (AvgIpc) is 1.41. The van der Waals surface area contributed by atoms with E-state index in [0.717, 1.165) is 12.8 Å². The van der Waals surface area contributed by atoms with Crippen molar-refractivity contribution in [3.8, 4) is 0 Å². The van der Waals surface area contributed by atoms with Gasteiger partial charge in [0.25, 0.3) is 0 Å². The van der Waals surface area contributed by atoms with Gasteiger partial charge in [-0.05, 0) is 0 Å². The third-order valence-corrected chi connectivity index (χ3v) is 0.408. The molecule has 0 aliphatic heterocycles. The number of unbranched alkanes of at least 4 members (excludes halogenated alkanes) is 1. The molecule has 1 N–H and O–H groups in total. The van der Waals surface area contributed by atoms with Crippen molar-refractivity contribution < 1.29 is 31.3 Å². The van der Waals surface area contributed by atoms with Gasteiger partial charge in [0.2, 0.25) is 0 Å². The molecule has 0 aromatic carbocycles. The minimum absolute atomic E-state index is 0. The second-order valence-electron chi connectivity index (χ2n) is 0.931. The molecule has 0 heterocycles. The molecule has 0 aliphatic rings. The molecule has 0 rings (SSSR count). The first-order valence-electron chi connectivity index (χ1n) is 1.82. The molecule has 0 unspecified atom stereocenters. The summed E-state index contributed by atoms with van der Waals surface area (Å²) in [6.45, 7) is 3.80. The van der Waals surface area contributed by atoms with Crippen LogP contribution in [0.5, 0.6) is 0 Å². The van der Waals surface area contributed by atoms with E-state index in [-0.39, 0.29) is 32.8 Å². The van der Waals surface area contributed by atoms with Gasteiger partial charge >= 0.3 is 0 Å². The van der Waals surface area contributed by atoms with E-state index in [0.29, 0.717) is 0 Å². The summed E-state index contributed by atoms with van der Waals surface area (Å²) in [5.41, 5.74) is 0. The Hall–Kier alpha value is 0.843. The smallest absolute Gasteiger partial charge is 0.0406 e. The van der Waals surface area contributed by atoms with Crippen molar-refractivity contribution in [3.05, 3.63) is 6.92 Å². The molecule has 0 saturated carbocycles.